The van der Waals surface area contributed by atoms with Crippen LogP contribution in [0.5, 0.6) is 0 Å². The number of nitrogens with zero attached hydrogens (tertiary/aromatic N) is 3. The minimum absolute atomic E-state index is 0.678. The standard InChI is InChI=1S/C12H8ClN3OS/c13-9-3-1-8(2-4-9)11-10(7-14-17)16-5-6-18-12(16)15-11/h1-7,17H. The van der Waals surface area contributed by atoms with Gasteiger partial charge in [-0.25, -0.2) is 4.98 Å². The van der Waals surface area contributed by atoms with Crippen LogP contribution in [0.3, 0.4) is 0 Å². The maximum Gasteiger partial charge on any atom is 0.194 e. The minimum atomic E-state index is 0.678. The number of halogens is 1. The summed E-state index contributed by atoms with van der Waals surface area (Å²) in [4.78, 5) is 5.38. The molecule has 1 N–H and O–H groups in total. The van der Waals surface area contributed by atoms with Crippen molar-refractivity contribution >= 4 is 34.1 Å². The van der Waals surface area contributed by atoms with E-state index in [0.717, 1.165) is 21.9 Å². The quantitative estimate of drug-likeness (QED) is 0.443. The molecule has 2 aromatic heterocycles. The molecule has 3 rings (SSSR count). The molecule has 0 atom stereocenters. The molecule has 90 valence electrons. The monoisotopic (exact) mass is 277 g/mol. The lowest BCUT2D eigenvalue weighted by atomic mass is 10.1. The van der Waals surface area contributed by atoms with Gasteiger partial charge in [0.05, 0.1) is 17.6 Å². The molecule has 0 fully saturated rings. The summed E-state index contributed by atoms with van der Waals surface area (Å²) in [6, 6.07) is 7.40. The first kappa shape index (κ1) is 11.3. The number of benzene rings is 1. The zero-order chi connectivity index (χ0) is 12.5. The van der Waals surface area contributed by atoms with E-state index in [1.165, 1.54) is 17.6 Å². The van der Waals surface area contributed by atoms with Gasteiger partial charge in [0, 0.05) is 22.2 Å². The van der Waals surface area contributed by atoms with Crippen LogP contribution in [0.15, 0.2) is 41.0 Å². The second-order valence-electron chi connectivity index (χ2n) is 3.65. The van der Waals surface area contributed by atoms with Crippen LogP contribution in [0.25, 0.3) is 16.2 Å². The number of oxime groups is 1. The Balaban J connectivity index is 2.24. The molecule has 0 radical (unpaired) electrons. The third-order valence-electron chi connectivity index (χ3n) is 2.60. The predicted molar refractivity (Wildman–Crippen MR) is 72.9 cm³/mol. The second-order valence-corrected chi connectivity index (χ2v) is 4.96. The molecule has 0 saturated carbocycles. The summed E-state index contributed by atoms with van der Waals surface area (Å²) in [5.74, 6) is 0. The summed E-state index contributed by atoms with van der Waals surface area (Å²) in [6.45, 7) is 0. The van der Waals surface area contributed by atoms with Crippen LogP contribution in [0.2, 0.25) is 5.02 Å². The third-order valence-corrected chi connectivity index (χ3v) is 3.61. The number of imidazole rings is 1. The van der Waals surface area contributed by atoms with E-state index in [2.05, 4.69) is 10.1 Å². The van der Waals surface area contributed by atoms with Crippen LogP contribution < -0.4 is 0 Å². The lowest BCUT2D eigenvalue weighted by molar-refractivity contribution is 0.321. The molecular formula is C12H8ClN3OS. The van der Waals surface area contributed by atoms with Gasteiger partial charge in [-0.3, -0.25) is 4.40 Å². The molecule has 4 nitrogen and oxygen atoms in total. The second kappa shape index (κ2) is 4.44. The largest absolute Gasteiger partial charge is 0.411 e. The predicted octanol–water partition coefficient (Wildman–Crippen LogP) is 3.52. The van der Waals surface area contributed by atoms with Crippen molar-refractivity contribution in [3.8, 4) is 11.3 Å². The molecule has 2 heterocycles. The van der Waals surface area contributed by atoms with E-state index in [1.807, 2.05) is 40.2 Å². The van der Waals surface area contributed by atoms with Crippen molar-refractivity contribution in [2.75, 3.05) is 0 Å². The molecule has 0 spiro atoms. The first-order valence-electron chi connectivity index (χ1n) is 5.18. The van der Waals surface area contributed by atoms with Crippen molar-refractivity contribution in [2.24, 2.45) is 5.16 Å². The van der Waals surface area contributed by atoms with Crippen LogP contribution in [0.4, 0.5) is 0 Å². The van der Waals surface area contributed by atoms with Crippen LogP contribution in [0, 0.1) is 0 Å². The smallest absolute Gasteiger partial charge is 0.194 e. The van der Waals surface area contributed by atoms with Gasteiger partial charge in [0.25, 0.3) is 0 Å². The topological polar surface area (TPSA) is 49.9 Å². The van der Waals surface area contributed by atoms with Crippen LogP contribution in [0.1, 0.15) is 5.69 Å². The maximum absolute atomic E-state index is 8.76. The maximum atomic E-state index is 8.76. The van der Waals surface area contributed by atoms with E-state index in [0.29, 0.717) is 5.02 Å². The molecule has 1 aromatic carbocycles. The normalized spacial score (nSPS) is 11.6. The Hall–Kier alpha value is -1.85. The van der Waals surface area contributed by atoms with Crippen molar-refractivity contribution in [2.45, 2.75) is 0 Å². The van der Waals surface area contributed by atoms with Gasteiger partial charge in [-0.15, -0.1) is 11.3 Å². The SMILES string of the molecule is ON=Cc1c(-c2ccc(Cl)cc2)nc2sccn12. The number of hydrogen-bond acceptors (Lipinski definition) is 4. The number of aromatic nitrogens is 2. The number of fused-ring (bicyclic) bond motifs is 1. The van der Waals surface area contributed by atoms with Crippen molar-refractivity contribution in [3.63, 3.8) is 0 Å². The zero-order valence-corrected chi connectivity index (χ0v) is 10.7. The van der Waals surface area contributed by atoms with E-state index in [4.69, 9.17) is 16.8 Å². The lowest BCUT2D eigenvalue weighted by Gasteiger charge is -1.99. The van der Waals surface area contributed by atoms with Gasteiger partial charge in [-0.05, 0) is 12.1 Å². The summed E-state index contributed by atoms with van der Waals surface area (Å²) in [7, 11) is 0. The highest BCUT2D eigenvalue weighted by Crippen LogP contribution is 2.26. The highest BCUT2D eigenvalue weighted by molar-refractivity contribution is 7.15. The van der Waals surface area contributed by atoms with Gasteiger partial charge in [0.15, 0.2) is 4.96 Å². The van der Waals surface area contributed by atoms with Crippen molar-refractivity contribution < 1.29 is 5.21 Å². The van der Waals surface area contributed by atoms with Crippen LogP contribution in [-0.2, 0) is 0 Å². The summed E-state index contributed by atoms with van der Waals surface area (Å²) in [5, 5.41) is 14.5. The number of thiazole rings is 1. The Morgan fingerprint density at radius 3 is 2.83 bits per heavy atom. The number of rotatable bonds is 2. The van der Waals surface area contributed by atoms with E-state index < -0.39 is 0 Å². The average molecular weight is 278 g/mol. The Morgan fingerprint density at radius 1 is 1.33 bits per heavy atom. The minimum Gasteiger partial charge on any atom is -0.411 e. The third kappa shape index (κ3) is 1.77. The van der Waals surface area contributed by atoms with Crippen LogP contribution in [-0.4, -0.2) is 20.8 Å². The van der Waals surface area contributed by atoms with Gasteiger partial charge in [0.1, 0.15) is 0 Å². The van der Waals surface area contributed by atoms with Gasteiger partial charge < -0.3 is 5.21 Å². The molecule has 18 heavy (non-hydrogen) atoms. The van der Waals surface area contributed by atoms with Gasteiger partial charge in [-0.2, -0.15) is 0 Å². The lowest BCUT2D eigenvalue weighted by Crippen LogP contribution is -1.91. The van der Waals surface area contributed by atoms with Gasteiger partial charge in [0.2, 0.25) is 0 Å². The first-order valence-corrected chi connectivity index (χ1v) is 6.44. The molecule has 0 aliphatic carbocycles. The summed E-state index contributed by atoms with van der Waals surface area (Å²) < 4.78 is 1.88. The van der Waals surface area contributed by atoms with Crippen molar-refractivity contribution in [1.82, 2.24) is 9.38 Å². The first-order chi connectivity index (χ1) is 8.79. The Labute approximate surface area is 112 Å². The van der Waals surface area contributed by atoms with Crippen molar-refractivity contribution in [3.05, 3.63) is 46.6 Å². The highest BCUT2D eigenvalue weighted by Gasteiger charge is 2.13. The van der Waals surface area contributed by atoms with E-state index in [-0.39, 0.29) is 0 Å². The average Bonchev–Trinajstić information content (AvgIpc) is 2.93. The molecule has 0 aliphatic heterocycles. The fourth-order valence-corrected chi connectivity index (χ4v) is 2.65. The summed E-state index contributed by atoms with van der Waals surface area (Å²) in [5.41, 5.74) is 2.46. The molecule has 0 saturated heterocycles. The Morgan fingerprint density at radius 2 is 2.11 bits per heavy atom. The molecule has 0 unspecified atom stereocenters. The van der Waals surface area contributed by atoms with Crippen LogP contribution >= 0.6 is 22.9 Å². The molecule has 0 amide bonds. The van der Waals surface area contributed by atoms with Crippen molar-refractivity contribution in [1.29, 1.82) is 0 Å². The zero-order valence-electron chi connectivity index (χ0n) is 9.12. The number of hydrogen-bond donors (Lipinski definition) is 1. The molecule has 3 aromatic rings. The van der Waals surface area contributed by atoms with Gasteiger partial charge in [-0.1, -0.05) is 28.9 Å². The Kier molecular flexibility index (Phi) is 2.77. The van der Waals surface area contributed by atoms with E-state index >= 15 is 0 Å². The molecule has 6 heteroatoms. The fraction of sp³-hybridized carbons (Fsp3) is 0. The molecule has 0 aliphatic rings. The fourth-order valence-electron chi connectivity index (χ4n) is 1.80. The molecule has 0 bridgehead atoms. The van der Waals surface area contributed by atoms with E-state index in [1.54, 1.807) is 0 Å². The molecular weight excluding hydrogens is 270 g/mol. The van der Waals surface area contributed by atoms with E-state index in [9.17, 15) is 0 Å². The Bertz CT molecular complexity index is 715. The summed E-state index contributed by atoms with van der Waals surface area (Å²) >= 11 is 7.40. The highest BCUT2D eigenvalue weighted by atomic mass is 35.5. The van der Waals surface area contributed by atoms with Gasteiger partial charge >= 0.3 is 0 Å². The summed E-state index contributed by atoms with van der Waals surface area (Å²) in [6.07, 6.45) is 3.28.